The SMILES string of the molecule is O=C(O)CN(C(=O)C1CCN(c2ccccc2Br)C1=O)C1CC1. The zero-order valence-corrected chi connectivity index (χ0v) is 14.0. The molecule has 1 atom stereocenters. The summed E-state index contributed by atoms with van der Waals surface area (Å²) in [7, 11) is 0. The molecule has 2 aliphatic rings. The zero-order chi connectivity index (χ0) is 16.6. The molecule has 2 amide bonds. The number of carboxylic acids is 1. The van der Waals surface area contributed by atoms with Gasteiger partial charge in [-0.3, -0.25) is 14.4 Å². The number of rotatable bonds is 5. The number of nitrogens with zero attached hydrogens (tertiary/aromatic N) is 2. The molecule has 1 saturated heterocycles. The lowest BCUT2D eigenvalue weighted by Crippen LogP contribution is -2.43. The summed E-state index contributed by atoms with van der Waals surface area (Å²) in [5, 5.41) is 8.99. The Bertz CT molecular complexity index is 659. The highest BCUT2D eigenvalue weighted by molar-refractivity contribution is 9.10. The zero-order valence-electron chi connectivity index (χ0n) is 12.4. The van der Waals surface area contributed by atoms with Crippen molar-refractivity contribution in [2.45, 2.75) is 25.3 Å². The number of amides is 2. The first-order valence-corrected chi connectivity index (χ1v) is 8.36. The number of anilines is 1. The molecule has 1 aromatic rings. The van der Waals surface area contributed by atoms with Gasteiger partial charge in [0.25, 0.3) is 0 Å². The maximum absolute atomic E-state index is 12.6. The monoisotopic (exact) mass is 380 g/mol. The standard InChI is InChI=1S/C16H17BrN2O4/c17-12-3-1-2-4-13(12)18-8-7-11(15(18)22)16(23)19(9-14(20)21)10-5-6-10/h1-4,10-11H,5-9H2,(H,20,21). The highest BCUT2D eigenvalue weighted by Gasteiger charge is 2.44. The van der Waals surface area contributed by atoms with Crippen LogP contribution in [0, 0.1) is 5.92 Å². The van der Waals surface area contributed by atoms with Gasteiger partial charge in [-0.2, -0.15) is 0 Å². The predicted octanol–water partition coefficient (Wildman–Crippen LogP) is 1.88. The smallest absolute Gasteiger partial charge is 0.323 e. The van der Waals surface area contributed by atoms with E-state index in [1.807, 2.05) is 24.3 Å². The molecular formula is C16H17BrN2O4. The van der Waals surface area contributed by atoms with Crippen LogP contribution in [0.1, 0.15) is 19.3 Å². The number of hydrogen-bond donors (Lipinski definition) is 1. The van der Waals surface area contributed by atoms with Crippen LogP contribution in [0.25, 0.3) is 0 Å². The molecule has 1 unspecified atom stereocenters. The topological polar surface area (TPSA) is 77.9 Å². The lowest BCUT2D eigenvalue weighted by Gasteiger charge is -2.23. The second kappa shape index (κ2) is 6.31. The highest BCUT2D eigenvalue weighted by atomic mass is 79.9. The van der Waals surface area contributed by atoms with E-state index in [0.29, 0.717) is 13.0 Å². The van der Waals surface area contributed by atoms with Crippen LogP contribution in [0.15, 0.2) is 28.7 Å². The van der Waals surface area contributed by atoms with Gasteiger partial charge in [-0.1, -0.05) is 12.1 Å². The fourth-order valence-electron chi connectivity index (χ4n) is 2.94. The fraction of sp³-hybridized carbons (Fsp3) is 0.438. The van der Waals surface area contributed by atoms with Gasteiger partial charge in [0.05, 0.1) is 5.69 Å². The Morgan fingerprint density at radius 3 is 2.57 bits per heavy atom. The van der Waals surface area contributed by atoms with Gasteiger partial charge >= 0.3 is 5.97 Å². The molecule has 0 aromatic heterocycles. The minimum Gasteiger partial charge on any atom is -0.480 e. The third kappa shape index (κ3) is 3.24. The lowest BCUT2D eigenvalue weighted by atomic mass is 10.1. The maximum atomic E-state index is 12.6. The summed E-state index contributed by atoms with van der Waals surface area (Å²) in [6.45, 7) is 0.131. The first-order chi connectivity index (χ1) is 11.0. The summed E-state index contributed by atoms with van der Waals surface area (Å²) in [5.74, 6) is -2.42. The summed E-state index contributed by atoms with van der Waals surface area (Å²) < 4.78 is 0.797. The van der Waals surface area contributed by atoms with E-state index < -0.39 is 11.9 Å². The maximum Gasteiger partial charge on any atom is 0.323 e. The lowest BCUT2D eigenvalue weighted by molar-refractivity contribution is -0.148. The molecule has 1 saturated carbocycles. The number of halogens is 1. The Kier molecular flexibility index (Phi) is 4.39. The van der Waals surface area contributed by atoms with Crippen molar-refractivity contribution in [3.05, 3.63) is 28.7 Å². The molecule has 1 aromatic carbocycles. The number of carbonyl (C=O) groups excluding carboxylic acids is 2. The van der Waals surface area contributed by atoms with E-state index in [1.54, 1.807) is 4.90 Å². The summed E-state index contributed by atoms with van der Waals surface area (Å²) in [6.07, 6.45) is 2.05. The van der Waals surface area contributed by atoms with Crippen molar-refractivity contribution in [3.8, 4) is 0 Å². The average Bonchev–Trinajstić information content (AvgIpc) is 3.28. The van der Waals surface area contributed by atoms with Crippen LogP contribution in [0.3, 0.4) is 0 Å². The molecule has 0 bridgehead atoms. The van der Waals surface area contributed by atoms with Crippen molar-refractivity contribution in [1.82, 2.24) is 4.90 Å². The normalized spacial score (nSPS) is 20.7. The molecule has 122 valence electrons. The van der Waals surface area contributed by atoms with Crippen molar-refractivity contribution in [2.75, 3.05) is 18.0 Å². The molecule has 1 aliphatic carbocycles. The molecule has 2 fully saturated rings. The quantitative estimate of drug-likeness (QED) is 0.791. The molecule has 1 N–H and O–H groups in total. The van der Waals surface area contributed by atoms with Crippen molar-refractivity contribution in [1.29, 1.82) is 0 Å². The van der Waals surface area contributed by atoms with Gasteiger partial charge in [0.2, 0.25) is 11.8 Å². The van der Waals surface area contributed by atoms with Crippen LogP contribution in [0.2, 0.25) is 0 Å². The van der Waals surface area contributed by atoms with Gasteiger partial charge in [-0.25, -0.2) is 0 Å². The summed E-state index contributed by atoms with van der Waals surface area (Å²) in [6, 6.07) is 7.34. The number of para-hydroxylation sites is 1. The van der Waals surface area contributed by atoms with Gasteiger partial charge in [0.1, 0.15) is 12.5 Å². The fourth-order valence-corrected chi connectivity index (χ4v) is 3.44. The highest BCUT2D eigenvalue weighted by Crippen LogP contribution is 2.34. The van der Waals surface area contributed by atoms with Crippen LogP contribution in [0.4, 0.5) is 5.69 Å². The van der Waals surface area contributed by atoms with Crippen LogP contribution in [-0.4, -0.2) is 46.9 Å². The molecule has 0 spiro atoms. The number of carbonyl (C=O) groups is 3. The summed E-state index contributed by atoms with van der Waals surface area (Å²) in [5.41, 5.74) is 0.740. The van der Waals surface area contributed by atoms with E-state index in [-0.39, 0.29) is 24.4 Å². The molecule has 23 heavy (non-hydrogen) atoms. The van der Waals surface area contributed by atoms with Crippen LogP contribution < -0.4 is 4.90 Å². The first kappa shape index (κ1) is 16.0. The van der Waals surface area contributed by atoms with Crippen molar-refractivity contribution >= 4 is 39.4 Å². The largest absolute Gasteiger partial charge is 0.480 e. The van der Waals surface area contributed by atoms with Crippen molar-refractivity contribution < 1.29 is 19.5 Å². The Balaban J connectivity index is 1.77. The van der Waals surface area contributed by atoms with E-state index >= 15 is 0 Å². The Morgan fingerprint density at radius 1 is 1.26 bits per heavy atom. The van der Waals surface area contributed by atoms with Crippen LogP contribution >= 0.6 is 15.9 Å². The second-order valence-electron chi connectivity index (χ2n) is 5.87. The van der Waals surface area contributed by atoms with Gasteiger partial charge < -0.3 is 14.9 Å². The number of carboxylic acid groups (broad SMARTS) is 1. The van der Waals surface area contributed by atoms with Gasteiger partial charge in [-0.15, -0.1) is 0 Å². The van der Waals surface area contributed by atoms with Gasteiger partial charge in [-0.05, 0) is 47.3 Å². The van der Waals surface area contributed by atoms with E-state index in [0.717, 1.165) is 23.0 Å². The molecule has 1 aliphatic heterocycles. The Hall–Kier alpha value is -1.89. The predicted molar refractivity (Wildman–Crippen MR) is 87.0 cm³/mol. The average molecular weight is 381 g/mol. The van der Waals surface area contributed by atoms with Crippen molar-refractivity contribution in [2.24, 2.45) is 5.92 Å². The summed E-state index contributed by atoms with van der Waals surface area (Å²) >= 11 is 3.42. The number of hydrogen-bond acceptors (Lipinski definition) is 3. The van der Waals surface area contributed by atoms with E-state index in [4.69, 9.17) is 5.11 Å². The Morgan fingerprint density at radius 2 is 1.96 bits per heavy atom. The van der Waals surface area contributed by atoms with E-state index in [2.05, 4.69) is 15.9 Å². The van der Waals surface area contributed by atoms with Crippen LogP contribution in [-0.2, 0) is 14.4 Å². The molecule has 6 nitrogen and oxygen atoms in total. The minimum atomic E-state index is -1.04. The third-order valence-electron chi connectivity index (χ3n) is 4.22. The molecule has 1 heterocycles. The van der Waals surface area contributed by atoms with Gasteiger partial charge in [0, 0.05) is 17.1 Å². The van der Waals surface area contributed by atoms with Crippen LogP contribution in [0.5, 0.6) is 0 Å². The van der Waals surface area contributed by atoms with Crippen molar-refractivity contribution in [3.63, 3.8) is 0 Å². The molecule has 0 radical (unpaired) electrons. The number of aliphatic carboxylic acids is 1. The summed E-state index contributed by atoms with van der Waals surface area (Å²) in [4.78, 5) is 39.2. The molecule has 7 heteroatoms. The molecule has 3 rings (SSSR count). The minimum absolute atomic E-state index is 0.0242. The second-order valence-corrected chi connectivity index (χ2v) is 6.73. The van der Waals surface area contributed by atoms with E-state index in [1.165, 1.54) is 4.90 Å². The first-order valence-electron chi connectivity index (χ1n) is 7.57. The Labute approximate surface area is 142 Å². The van der Waals surface area contributed by atoms with E-state index in [9.17, 15) is 14.4 Å². The van der Waals surface area contributed by atoms with Gasteiger partial charge in [0.15, 0.2) is 0 Å². The molecular weight excluding hydrogens is 364 g/mol. The third-order valence-corrected chi connectivity index (χ3v) is 4.89. The number of benzene rings is 1.